The summed E-state index contributed by atoms with van der Waals surface area (Å²) < 4.78 is 13.8. The van der Waals surface area contributed by atoms with Crippen molar-refractivity contribution in [2.45, 2.75) is 84.3 Å². The van der Waals surface area contributed by atoms with Gasteiger partial charge in [0.2, 0.25) is 0 Å². The Balaban J connectivity index is 0. The molecule has 1 unspecified atom stereocenters. The van der Waals surface area contributed by atoms with Gasteiger partial charge in [0.1, 0.15) is 13.6 Å². The summed E-state index contributed by atoms with van der Waals surface area (Å²) in [6.45, 7) is 14.4. The van der Waals surface area contributed by atoms with Crippen molar-refractivity contribution in [2.24, 2.45) is 0 Å². The number of hydrogen-bond acceptors (Lipinski definition) is 6. The minimum Gasteiger partial charge on any atom is -0.388 e. The Morgan fingerprint density at radius 3 is 2.05 bits per heavy atom. The molecular formula is C31H47N3O4S. The molecule has 0 aliphatic heterocycles. The average molecular weight is 558 g/mol. The third kappa shape index (κ3) is 16.4. The Labute approximate surface area is 238 Å². The topological polar surface area (TPSA) is 116 Å². The first-order valence-corrected chi connectivity index (χ1v) is 14.5. The summed E-state index contributed by atoms with van der Waals surface area (Å²) >= 11 is 0. The molecule has 2 N–H and O–H groups in total. The lowest BCUT2D eigenvalue weighted by Gasteiger charge is -2.21. The molecule has 7 nitrogen and oxygen atoms in total. The van der Waals surface area contributed by atoms with Crippen LogP contribution in [0.4, 0.5) is 5.69 Å². The van der Waals surface area contributed by atoms with E-state index in [0.29, 0.717) is 0 Å². The quantitative estimate of drug-likeness (QED) is 0.374. The highest BCUT2D eigenvalue weighted by Gasteiger charge is 2.14. The van der Waals surface area contributed by atoms with Crippen LogP contribution in [-0.4, -0.2) is 42.4 Å². The summed E-state index contributed by atoms with van der Waals surface area (Å²) in [4.78, 5) is 27.0. The number of nitrogens with one attached hydrogen (secondary N) is 2. The molecule has 0 aromatic heterocycles. The van der Waals surface area contributed by atoms with Gasteiger partial charge < -0.3 is 14.9 Å². The van der Waals surface area contributed by atoms with E-state index in [2.05, 4.69) is 35.2 Å². The van der Waals surface area contributed by atoms with Crippen LogP contribution in [0.3, 0.4) is 0 Å². The molecule has 0 bridgehead atoms. The molecule has 2 aromatic carbocycles. The summed E-state index contributed by atoms with van der Waals surface area (Å²) in [7, 11) is 1.03. The van der Waals surface area contributed by atoms with Crippen molar-refractivity contribution >= 4 is 36.0 Å². The van der Waals surface area contributed by atoms with Crippen LogP contribution < -0.4 is 10.0 Å². The number of nitrogens with zero attached hydrogens (tertiary/aromatic N) is 1. The van der Waals surface area contributed by atoms with Gasteiger partial charge in [-0.15, -0.1) is 0 Å². The van der Waals surface area contributed by atoms with Crippen molar-refractivity contribution in [3.8, 4) is 6.07 Å². The van der Waals surface area contributed by atoms with Gasteiger partial charge in [-0.3, -0.25) is 4.79 Å². The number of carbonyl (C=O) groups is 3. The van der Waals surface area contributed by atoms with Crippen molar-refractivity contribution in [3.63, 3.8) is 0 Å². The molecule has 1 atom stereocenters. The van der Waals surface area contributed by atoms with Gasteiger partial charge in [0, 0.05) is 30.1 Å². The SMILES string of the molecule is C=O.C=O.CCCNS(=O)C(C)C.CNc1cc(C(C)=O)ccc1C.N#Cc1ccc(C2CCCCC2)cc1. The van der Waals surface area contributed by atoms with Crippen molar-refractivity contribution in [1.82, 2.24) is 4.72 Å². The van der Waals surface area contributed by atoms with E-state index in [1.807, 2.05) is 71.7 Å². The Bertz CT molecular complexity index is 996. The highest BCUT2D eigenvalue weighted by Crippen LogP contribution is 2.32. The molecule has 216 valence electrons. The summed E-state index contributed by atoms with van der Waals surface area (Å²) in [6, 6.07) is 15.9. The highest BCUT2D eigenvalue weighted by molar-refractivity contribution is 7.83. The molecule has 1 fully saturated rings. The standard InChI is InChI=1S/C13H15N.C10H13NO.C6H15NOS.2CH2O/c14-10-11-6-8-13(9-7-11)12-4-2-1-3-5-12;1-7-4-5-9(8(2)12)6-10(7)11-3;1-4-5-7-9(8)6(2)3;2*1-2/h6-9,12H,1-5H2;4-6,11H,1-3H3;6-7H,4-5H2,1-3H3;2*1H2. The number of rotatable bonds is 7. The maximum Gasteiger partial charge on any atom is 0.159 e. The third-order valence-corrected chi connectivity index (χ3v) is 7.30. The first kappa shape index (κ1) is 38.0. The number of Topliss-reactive ketones (excluding diaryl/α,β-unsaturated/α-hetero) is 1. The van der Waals surface area contributed by atoms with Crippen LogP contribution in [0.25, 0.3) is 0 Å². The first-order chi connectivity index (χ1) is 18.7. The predicted molar refractivity (Wildman–Crippen MR) is 164 cm³/mol. The van der Waals surface area contributed by atoms with E-state index in [9.17, 15) is 9.00 Å². The van der Waals surface area contributed by atoms with Crippen molar-refractivity contribution < 1.29 is 18.6 Å². The van der Waals surface area contributed by atoms with Gasteiger partial charge in [0.25, 0.3) is 0 Å². The van der Waals surface area contributed by atoms with Crippen LogP contribution in [0.2, 0.25) is 0 Å². The first-order valence-electron chi connectivity index (χ1n) is 13.2. The molecule has 3 rings (SSSR count). The van der Waals surface area contributed by atoms with E-state index < -0.39 is 11.0 Å². The number of benzene rings is 2. The smallest absolute Gasteiger partial charge is 0.159 e. The fraction of sp³-hybridized carbons (Fsp3) is 0.484. The number of anilines is 1. The van der Waals surface area contributed by atoms with Gasteiger partial charge in [0.05, 0.1) is 22.6 Å². The number of nitriles is 1. The fourth-order valence-corrected chi connectivity index (χ4v) is 4.48. The van der Waals surface area contributed by atoms with Gasteiger partial charge in [-0.2, -0.15) is 5.26 Å². The largest absolute Gasteiger partial charge is 0.388 e. The van der Waals surface area contributed by atoms with Gasteiger partial charge in [0.15, 0.2) is 5.78 Å². The molecule has 39 heavy (non-hydrogen) atoms. The zero-order valence-corrected chi connectivity index (χ0v) is 25.4. The van der Waals surface area contributed by atoms with Gasteiger partial charge in [-0.1, -0.05) is 50.5 Å². The zero-order valence-electron chi connectivity index (χ0n) is 24.5. The predicted octanol–water partition coefficient (Wildman–Crippen LogP) is 6.53. The normalized spacial score (nSPS) is 12.8. The number of carbonyl (C=O) groups excluding carboxylic acids is 3. The monoisotopic (exact) mass is 557 g/mol. The minimum absolute atomic E-state index is 0.103. The Morgan fingerprint density at radius 1 is 1.05 bits per heavy atom. The van der Waals surface area contributed by atoms with Crippen molar-refractivity contribution in [3.05, 3.63) is 64.7 Å². The summed E-state index contributed by atoms with van der Waals surface area (Å²) in [5.41, 5.74) is 5.11. The van der Waals surface area contributed by atoms with Crippen molar-refractivity contribution in [1.29, 1.82) is 5.26 Å². The highest BCUT2D eigenvalue weighted by atomic mass is 32.2. The molecular weight excluding hydrogens is 510 g/mol. The van der Waals surface area contributed by atoms with E-state index in [0.717, 1.165) is 41.3 Å². The number of hydrogen-bond donors (Lipinski definition) is 2. The van der Waals surface area contributed by atoms with Crippen LogP contribution >= 0.6 is 0 Å². The van der Waals surface area contributed by atoms with Gasteiger partial charge in [-0.05, 0) is 82.2 Å². The Kier molecular flexibility index (Phi) is 23.3. The Morgan fingerprint density at radius 2 is 1.62 bits per heavy atom. The zero-order chi connectivity index (χ0) is 30.2. The van der Waals surface area contributed by atoms with Gasteiger partial charge in [-0.25, -0.2) is 8.93 Å². The van der Waals surface area contributed by atoms with E-state index in [1.54, 1.807) is 6.92 Å². The van der Waals surface area contributed by atoms with Crippen LogP contribution in [0, 0.1) is 18.3 Å². The molecule has 0 heterocycles. The maximum atomic E-state index is 11.0. The lowest BCUT2D eigenvalue weighted by molar-refractivity contribution is -0.0987. The van der Waals surface area contributed by atoms with E-state index in [4.69, 9.17) is 14.9 Å². The molecule has 2 aromatic rings. The molecule has 8 heteroatoms. The summed E-state index contributed by atoms with van der Waals surface area (Å²) in [6.07, 6.45) is 7.82. The fourth-order valence-electron chi connectivity index (χ4n) is 3.75. The second-order valence-electron chi connectivity index (χ2n) is 9.15. The minimum atomic E-state index is -0.822. The second kappa shape index (κ2) is 23.9. The van der Waals surface area contributed by atoms with Crippen LogP contribution in [0.1, 0.15) is 99.2 Å². The van der Waals surface area contributed by atoms with Crippen LogP contribution in [0.5, 0.6) is 0 Å². The third-order valence-electron chi connectivity index (χ3n) is 5.95. The lowest BCUT2D eigenvalue weighted by Crippen LogP contribution is -2.24. The lowest BCUT2D eigenvalue weighted by atomic mass is 9.84. The molecule has 1 aliphatic rings. The Hall–Kier alpha value is -3.15. The van der Waals surface area contributed by atoms with Crippen LogP contribution in [0.15, 0.2) is 42.5 Å². The van der Waals surface area contributed by atoms with E-state index in [-0.39, 0.29) is 11.0 Å². The molecule has 0 amide bonds. The van der Waals surface area contributed by atoms with E-state index >= 15 is 0 Å². The number of aryl methyl sites for hydroxylation is 1. The summed E-state index contributed by atoms with van der Waals surface area (Å²) in [5.74, 6) is 0.850. The average Bonchev–Trinajstić information content (AvgIpc) is 2.99. The second-order valence-corrected chi connectivity index (χ2v) is 11.0. The van der Waals surface area contributed by atoms with Crippen molar-refractivity contribution in [2.75, 3.05) is 18.9 Å². The van der Waals surface area contributed by atoms with E-state index in [1.165, 1.54) is 37.7 Å². The number of ketones is 1. The van der Waals surface area contributed by atoms with Crippen LogP contribution in [-0.2, 0) is 20.6 Å². The molecule has 0 saturated heterocycles. The molecule has 1 aliphatic carbocycles. The summed E-state index contributed by atoms with van der Waals surface area (Å²) in [5, 5.41) is 12.0. The molecule has 0 radical (unpaired) electrons. The molecule has 1 saturated carbocycles. The maximum absolute atomic E-state index is 11.0. The van der Waals surface area contributed by atoms with Gasteiger partial charge >= 0.3 is 0 Å². The molecule has 0 spiro atoms.